The Morgan fingerprint density at radius 1 is 0.864 bits per heavy atom. The fourth-order valence-electron chi connectivity index (χ4n) is 2.46. The Bertz CT molecular complexity index is 581. The molecule has 0 unspecified atom stereocenters. The van der Waals surface area contributed by atoms with Crippen LogP contribution < -0.4 is 5.32 Å². The highest BCUT2D eigenvalue weighted by molar-refractivity contribution is 5.95. The first-order valence-corrected chi connectivity index (χ1v) is 7.50. The predicted octanol–water partition coefficient (Wildman–Crippen LogP) is 3.30. The van der Waals surface area contributed by atoms with Crippen molar-refractivity contribution < 1.29 is 14.3 Å². The Hall–Kier alpha value is -1.84. The van der Waals surface area contributed by atoms with Crippen LogP contribution >= 0.6 is 0 Å². The lowest BCUT2D eigenvalue weighted by Crippen LogP contribution is -2.42. The van der Waals surface area contributed by atoms with E-state index in [1.807, 2.05) is 48.5 Å². The fraction of sp³-hybridized carbons (Fsp3) is 0.556. The van der Waals surface area contributed by atoms with E-state index in [1.165, 1.54) is 5.56 Å². The molecule has 0 aliphatic heterocycles. The third-order valence-electron chi connectivity index (χ3n) is 4.05. The first kappa shape index (κ1) is 18.2. The number of benzene rings is 1. The summed E-state index contributed by atoms with van der Waals surface area (Å²) in [6, 6.07) is 0. The summed E-state index contributed by atoms with van der Waals surface area (Å²) in [5.41, 5.74) is 5.44. The van der Waals surface area contributed by atoms with Gasteiger partial charge in [0.05, 0.1) is 5.56 Å². The average molecular weight is 305 g/mol. The van der Waals surface area contributed by atoms with E-state index >= 15 is 0 Å². The SMILES string of the molecule is Cc1c(C)c(C)c(C(=O)OCC(=O)NC(C)(C)C)c(C)c1C. The predicted molar refractivity (Wildman–Crippen MR) is 88.3 cm³/mol. The highest BCUT2D eigenvalue weighted by Crippen LogP contribution is 2.26. The first-order valence-electron chi connectivity index (χ1n) is 7.50. The van der Waals surface area contributed by atoms with E-state index in [9.17, 15) is 9.59 Å². The van der Waals surface area contributed by atoms with E-state index in [-0.39, 0.29) is 18.1 Å². The summed E-state index contributed by atoms with van der Waals surface area (Å²) >= 11 is 0. The van der Waals surface area contributed by atoms with Crippen molar-refractivity contribution in [2.24, 2.45) is 0 Å². The molecular formula is C18H27NO3. The van der Waals surface area contributed by atoms with Crippen molar-refractivity contribution in [3.63, 3.8) is 0 Å². The number of carbonyl (C=O) groups excluding carboxylic acids is 2. The molecule has 0 aromatic heterocycles. The highest BCUT2D eigenvalue weighted by Gasteiger charge is 2.21. The van der Waals surface area contributed by atoms with Crippen LogP contribution in [0.4, 0.5) is 0 Å². The third kappa shape index (κ3) is 4.09. The van der Waals surface area contributed by atoms with Crippen molar-refractivity contribution >= 4 is 11.9 Å². The Labute approximate surface area is 133 Å². The minimum Gasteiger partial charge on any atom is -0.452 e. The van der Waals surface area contributed by atoms with E-state index < -0.39 is 5.97 Å². The molecule has 0 saturated carbocycles. The van der Waals surface area contributed by atoms with Crippen molar-refractivity contribution in [2.45, 2.75) is 60.9 Å². The van der Waals surface area contributed by atoms with Crippen molar-refractivity contribution in [2.75, 3.05) is 6.61 Å². The molecule has 4 nitrogen and oxygen atoms in total. The molecule has 0 aliphatic carbocycles. The molecule has 0 aliphatic rings. The quantitative estimate of drug-likeness (QED) is 0.872. The summed E-state index contributed by atoms with van der Waals surface area (Å²) in [5.74, 6) is -0.734. The molecule has 1 aromatic rings. The van der Waals surface area contributed by atoms with Gasteiger partial charge in [-0.3, -0.25) is 4.79 Å². The minimum absolute atomic E-state index is 0.263. The van der Waals surface area contributed by atoms with Gasteiger partial charge in [0.1, 0.15) is 0 Å². The van der Waals surface area contributed by atoms with Gasteiger partial charge in [0.25, 0.3) is 5.91 Å². The molecule has 1 aromatic carbocycles. The van der Waals surface area contributed by atoms with Crippen LogP contribution in [-0.4, -0.2) is 24.0 Å². The lowest BCUT2D eigenvalue weighted by Gasteiger charge is -2.21. The summed E-state index contributed by atoms with van der Waals surface area (Å²) in [7, 11) is 0. The van der Waals surface area contributed by atoms with Gasteiger partial charge in [-0.2, -0.15) is 0 Å². The number of rotatable bonds is 3. The van der Waals surface area contributed by atoms with Gasteiger partial charge >= 0.3 is 5.97 Å². The molecule has 0 spiro atoms. The van der Waals surface area contributed by atoms with Gasteiger partial charge in [-0.1, -0.05) is 0 Å². The Morgan fingerprint density at radius 2 is 1.27 bits per heavy atom. The normalized spacial score (nSPS) is 11.3. The van der Waals surface area contributed by atoms with Gasteiger partial charge in [-0.25, -0.2) is 4.79 Å². The number of nitrogens with one attached hydrogen (secondary N) is 1. The van der Waals surface area contributed by atoms with E-state index in [4.69, 9.17) is 4.74 Å². The molecule has 0 heterocycles. The summed E-state index contributed by atoms with van der Waals surface area (Å²) in [6.45, 7) is 15.3. The molecule has 1 rings (SSSR count). The van der Waals surface area contributed by atoms with Crippen molar-refractivity contribution in [3.8, 4) is 0 Å². The smallest absolute Gasteiger partial charge is 0.339 e. The van der Waals surface area contributed by atoms with Crippen molar-refractivity contribution in [1.82, 2.24) is 5.32 Å². The number of carbonyl (C=O) groups is 2. The summed E-state index contributed by atoms with van der Waals surface area (Å²) in [4.78, 5) is 24.1. The zero-order valence-corrected chi connectivity index (χ0v) is 14.9. The Balaban J connectivity index is 2.94. The summed E-state index contributed by atoms with van der Waals surface area (Å²) < 4.78 is 5.20. The van der Waals surface area contributed by atoms with Crippen LogP contribution in [0.2, 0.25) is 0 Å². The topological polar surface area (TPSA) is 55.4 Å². The second-order valence-corrected chi connectivity index (χ2v) is 6.87. The molecule has 0 bridgehead atoms. The lowest BCUT2D eigenvalue weighted by atomic mass is 9.90. The number of hydrogen-bond acceptors (Lipinski definition) is 3. The maximum atomic E-state index is 12.4. The zero-order valence-electron chi connectivity index (χ0n) is 14.9. The third-order valence-corrected chi connectivity index (χ3v) is 4.05. The van der Waals surface area contributed by atoms with Crippen molar-refractivity contribution in [3.05, 3.63) is 33.4 Å². The fourth-order valence-corrected chi connectivity index (χ4v) is 2.46. The maximum Gasteiger partial charge on any atom is 0.339 e. The molecule has 1 N–H and O–H groups in total. The molecule has 22 heavy (non-hydrogen) atoms. The molecule has 4 heteroatoms. The van der Waals surface area contributed by atoms with E-state index in [1.54, 1.807) is 0 Å². The first-order chi connectivity index (χ1) is 9.95. The van der Waals surface area contributed by atoms with Gasteiger partial charge < -0.3 is 10.1 Å². The number of ether oxygens (including phenoxy) is 1. The van der Waals surface area contributed by atoms with Crippen LogP contribution in [0.25, 0.3) is 0 Å². The summed E-state index contributed by atoms with van der Waals surface area (Å²) in [6.07, 6.45) is 0. The molecule has 122 valence electrons. The second-order valence-electron chi connectivity index (χ2n) is 6.87. The monoisotopic (exact) mass is 305 g/mol. The number of amides is 1. The second kappa shape index (κ2) is 6.51. The zero-order chi connectivity index (χ0) is 17.2. The number of hydrogen-bond donors (Lipinski definition) is 1. The largest absolute Gasteiger partial charge is 0.452 e. The molecule has 1 amide bonds. The Kier molecular flexibility index (Phi) is 5.39. The average Bonchev–Trinajstić information content (AvgIpc) is 2.39. The van der Waals surface area contributed by atoms with Crippen molar-refractivity contribution in [1.29, 1.82) is 0 Å². The molecule has 0 atom stereocenters. The van der Waals surface area contributed by atoms with Gasteiger partial charge in [0.15, 0.2) is 6.61 Å². The van der Waals surface area contributed by atoms with Gasteiger partial charge in [0.2, 0.25) is 0 Å². The molecular weight excluding hydrogens is 278 g/mol. The summed E-state index contributed by atoms with van der Waals surface area (Å²) in [5, 5.41) is 2.77. The van der Waals surface area contributed by atoms with Crippen LogP contribution in [0.1, 0.15) is 58.9 Å². The van der Waals surface area contributed by atoms with Crippen LogP contribution in [0.15, 0.2) is 0 Å². The van der Waals surface area contributed by atoms with E-state index in [0.717, 1.165) is 22.3 Å². The highest BCUT2D eigenvalue weighted by atomic mass is 16.5. The standard InChI is InChI=1S/C18H27NO3/c1-10-11(2)13(4)16(14(5)12(10)3)17(21)22-9-15(20)19-18(6,7)8/h9H2,1-8H3,(H,19,20). The van der Waals surface area contributed by atoms with Gasteiger partial charge in [-0.05, 0) is 83.2 Å². The van der Waals surface area contributed by atoms with E-state index in [0.29, 0.717) is 5.56 Å². The molecule has 0 fully saturated rings. The maximum absolute atomic E-state index is 12.4. The van der Waals surface area contributed by atoms with Crippen LogP contribution in [0.5, 0.6) is 0 Å². The van der Waals surface area contributed by atoms with Crippen LogP contribution in [0.3, 0.4) is 0 Å². The lowest BCUT2D eigenvalue weighted by molar-refractivity contribution is -0.125. The van der Waals surface area contributed by atoms with Crippen LogP contribution in [-0.2, 0) is 9.53 Å². The minimum atomic E-state index is -0.440. The van der Waals surface area contributed by atoms with Gasteiger partial charge in [-0.15, -0.1) is 0 Å². The van der Waals surface area contributed by atoms with Crippen LogP contribution in [0, 0.1) is 34.6 Å². The number of esters is 1. The molecule has 0 radical (unpaired) electrons. The van der Waals surface area contributed by atoms with E-state index in [2.05, 4.69) is 12.2 Å². The Morgan fingerprint density at radius 3 is 1.68 bits per heavy atom. The molecule has 0 saturated heterocycles. The van der Waals surface area contributed by atoms with Gasteiger partial charge in [0, 0.05) is 5.54 Å².